The SMILES string of the molecule is C[C@]12C=CC(=O)C=C1[C@@H](F)C[C@H]1[C@@H]3C[C@H]4CN(c5ccc(Cc6cccc(NC(=O)OCc7ccc(O[C@@H]8O[C@H](C(=O)O)[C@@H](O)[C@H](O)[C@H]8O)c(NC(=O)CCNC(=O)CCC(=O)N8Cc9ccccc9C#Cc9ccccc98)c7)c6)cc5)C[C@@]4(C(=O)CO)[C@@]3(C)C[C@H](O)[C@@]12F. The molecule has 95 heavy (non-hydrogen) atoms. The number of aliphatic hydroxyl groups is 5. The van der Waals surface area contributed by atoms with Crippen molar-refractivity contribution in [1.29, 1.82) is 0 Å². The molecule has 5 aromatic rings. The van der Waals surface area contributed by atoms with Crippen molar-refractivity contribution in [1.82, 2.24) is 5.32 Å². The summed E-state index contributed by atoms with van der Waals surface area (Å²) >= 11 is 0. The fourth-order valence-electron chi connectivity index (χ4n) is 16.1. The molecule has 4 aliphatic carbocycles. The highest BCUT2D eigenvalue weighted by Crippen LogP contribution is 2.74. The summed E-state index contributed by atoms with van der Waals surface area (Å²) < 4.78 is 50.9. The largest absolute Gasteiger partial charge is 0.479 e. The number of hydrogen-bond donors (Lipinski definition) is 9. The Labute approximate surface area is 545 Å². The molecular formula is C72H73F2N5O16. The number of carboxylic acid groups (broad SMARTS) is 1. The van der Waals surface area contributed by atoms with Crippen LogP contribution >= 0.6 is 0 Å². The number of fused-ring (bicyclic) bond motifs is 9. The van der Waals surface area contributed by atoms with Gasteiger partial charge in [0.25, 0.3) is 0 Å². The summed E-state index contributed by atoms with van der Waals surface area (Å²) in [7, 11) is 0. The van der Waals surface area contributed by atoms with Gasteiger partial charge in [0.2, 0.25) is 24.0 Å². The van der Waals surface area contributed by atoms with E-state index in [4.69, 9.17) is 14.2 Å². The molecule has 21 nitrogen and oxygen atoms in total. The van der Waals surface area contributed by atoms with Crippen LogP contribution in [0, 0.1) is 45.8 Å². The van der Waals surface area contributed by atoms with Gasteiger partial charge in [-0.15, -0.1) is 0 Å². The van der Waals surface area contributed by atoms with E-state index in [0.29, 0.717) is 41.9 Å². The number of benzene rings is 5. The molecule has 0 unspecified atom stereocenters. The van der Waals surface area contributed by atoms with E-state index >= 15 is 8.78 Å². The van der Waals surface area contributed by atoms with Gasteiger partial charge in [0, 0.05) is 72.7 Å². The number of carbonyl (C=O) groups excluding carboxylic acids is 6. The Morgan fingerprint density at radius 3 is 2.28 bits per heavy atom. The van der Waals surface area contributed by atoms with E-state index in [2.05, 4.69) is 32.7 Å². The Bertz CT molecular complexity index is 4020. The van der Waals surface area contributed by atoms with Crippen molar-refractivity contribution >= 4 is 64.1 Å². The smallest absolute Gasteiger partial charge is 0.411 e. The number of aliphatic carboxylic acids is 1. The number of halogens is 2. The summed E-state index contributed by atoms with van der Waals surface area (Å²) in [5.74, 6) is 0.400. The first-order chi connectivity index (χ1) is 45.4. The standard InChI is InChI=1S/C72H73F2N5O16/c1-69-26-24-49(81)32-52(69)53(73)33-51-50-31-46-36-78(39-71(46,58(83)37-80)70(50,2)34-57(82)72(51,69)74)48-19-14-40(15-20-48)28-41-8-7-12-47(29-41)76-68(92)93-38-42-16-21-56(94-67-64(89)62(87)63(88)65(95-67)66(90)91)54(30-42)77-60(85)25-27-75-59(84)22-23-61(86)79-35-45-11-4-3-9-43(45)17-18-44-10-5-6-13-55(44)79/h3-16,19-21,24,26,29-30,32,46,50-51,53,57,62-65,67,80,82,87-89H,22-23,25,27-28,31,33-39H2,1-2H3,(H,75,84)(H,76,92)(H,77,85)(H,90,91)/t46-,50-,51-,53-,57-,62-,63-,64+,65-,67+,69-,70-,71+,72-/m0/s1. The molecule has 12 rings (SSSR count). The summed E-state index contributed by atoms with van der Waals surface area (Å²) in [6.07, 6.45) is -10.2. The molecule has 496 valence electrons. The van der Waals surface area contributed by atoms with Gasteiger partial charge >= 0.3 is 12.1 Å². The zero-order valence-corrected chi connectivity index (χ0v) is 52.1. The highest BCUT2D eigenvalue weighted by atomic mass is 19.1. The van der Waals surface area contributed by atoms with E-state index in [9.17, 15) is 64.2 Å². The summed E-state index contributed by atoms with van der Waals surface area (Å²) in [4.78, 5) is 95.9. The minimum atomic E-state index is -2.30. The lowest BCUT2D eigenvalue weighted by molar-refractivity contribution is -0.271. The maximum atomic E-state index is 18.0. The molecule has 14 atom stereocenters. The maximum Gasteiger partial charge on any atom is 0.411 e. The van der Waals surface area contributed by atoms with Crippen molar-refractivity contribution in [3.8, 4) is 17.6 Å². The van der Waals surface area contributed by atoms with Gasteiger partial charge in [0.1, 0.15) is 43.4 Å². The Morgan fingerprint density at radius 2 is 1.52 bits per heavy atom. The molecule has 23 heteroatoms. The summed E-state index contributed by atoms with van der Waals surface area (Å²) in [5.41, 5.74) is 0.0890. The van der Waals surface area contributed by atoms with E-state index in [-0.39, 0.29) is 87.2 Å². The number of hydrogen-bond acceptors (Lipinski definition) is 16. The van der Waals surface area contributed by atoms with Crippen molar-refractivity contribution in [3.05, 3.63) is 172 Å². The Balaban J connectivity index is 0.663. The van der Waals surface area contributed by atoms with Crippen LogP contribution in [-0.4, -0.2) is 147 Å². The number of alkyl halides is 2. The number of nitrogens with zero attached hydrogens (tertiary/aromatic N) is 2. The number of nitrogens with one attached hydrogen (secondary N) is 3. The van der Waals surface area contributed by atoms with E-state index in [1.54, 1.807) is 42.2 Å². The summed E-state index contributed by atoms with van der Waals surface area (Å²) in [6.45, 7) is 3.02. The quantitative estimate of drug-likeness (QED) is 0.0430. The van der Waals surface area contributed by atoms with Crippen LogP contribution in [0.3, 0.4) is 0 Å². The number of Topliss-reactive ketones (excluding diaryl/α,β-unsaturated/α-hetero) is 1. The first-order valence-corrected chi connectivity index (χ1v) is 31.7. The Kier molecular flexibility index (Phi) is 18.2. The number of aliphatic hydroxyl groups excluding tert-OH is 5. The number of carbonyl (C=O) groups is 7. The van der Waals surface area contributed by atoms with Crippen molar-refractivity contribution in [2.45, 2.75) is 121 Å². The molecule has 7 aliphatic rings. The van der Waals surface area contributed by atoms with E-state index in [1.807, 2.05) is 73.7 Å². The predicted molar refractivity (Wildman–Crippen MR) is 341 cm³/mol. The van der Waals surface area contributed by atoms with Gasteiger partial charge in [0.05, 0.1) is 29.4 Å². The predicted octanol–water partition coefficient (Wildman–Crippen LogP) is 6.38. The number of para-hydroxylation sites is 1. The lowest BCUT2D eigenvalue weighted by atomic mass is 9.43. The summed E-state index contributed by atoms with van der Waals surface area (Å²) in [5, 5.41) is 71.7. The van der Waals surface area contributed by atoms with Gasteiger partial charge < -0.3 is 65.3 Å². The fourth-order valence-corrected chi connectivity index (χ4v) is 16.1. The first-order valence-electron chi connectivity index (χ1n) is 31.7. The highest BCUT2D eigenvalue weighted by molar-refractivity contribution is 6.01. The maximum absolute atomic E-state index is 18.0. The normalized spacial score (nSPS) is 30.0. The molecular weight excluding hydrogens is 1230 g/mol. The number of carboxylic acids is 1. The first kappa shape index (κ1) is 65.9. The van der Waals surface area contributed by atoms with E-state index < -0.39 is 119 Å². The molecule has 0 radical (unpaired) electrons. The fraction of sp³-hybridized carbons (Fsp3) is 0.403. The molecule has 3 heterocycles. The van der Waals surface area contributed by atoms with Crippen molar-refractivity contribution in [2.24, 2.45) is 34.0 Å². The van der Waals surface area contributed by atoms with Crippen LogP contribution in [-0.2, 0) is 57.8 Å². The molecule has 3 aliphatic heterocycles. The molecule has 5 aromatic carbocycles. The van der Waals surface area contributed by atoms with Crippen molar-refractivity contribution < 1.29 is 87.2 Å². The highest BCUT2D eigenvalue weighted by Gasteiger charge is 2.78. The molecule has 4 amide bonds. The van der Waals surface area contributed by atoms with Crippen molar-refractivity contribution in [3.63, 3.8) is 0 Å². The third-order valence-electron chi connectivity index (χ3n) is 20.8. The van der Waals surface area contributed by atoms with Gasteiger partial charge in [-0.2, -0.15) is 0 Å². The molecule has 5 fully saturated rings. The lowest BCUT2D eigenvalue weighted by Gasteiger charge is -2.63. The number of rotatable bonds is 18. The molecule has 0 spiro atoms. The average molecular weight is 1300 g/mol. The number of ketones is 2. The van der Waals surface area contributed by atoms with Crippen LogP contribution in [0.5, 0.6) is 5.75 Å². The molecule has 3 saturated carbocycles. The minimum Gasteiger partial charge on any atom is -0.479 e. The Hall–Kier alpha value is -9.15. The number of anilines is 4. The van der Waals surface area contributed by atoms with Crippen LogP contribution in [0.1, 0.15) is 85.8 Å². The molecule has 9 N–H and O–H groups in total. The zero-order valence-electron chi connectivity index (χ0n) is 52.1. The number of allylic oxidation sites excluding steroid dienone is 4. The van der Waals surface area contributed by atoms with Gasteiger partial charge in [-0.3, -0.25) is 29.3 Å². The zero-order chi connectivity index (χ0) is 67.3. The van der Waals surface area contributed by atoms with Crippen LogP contribution in [0.2, 0.25) is 0 Å². The van der Waals surface area contributed by atoms with Gasteiger partial charge in [-0.05, 0) is 144 Å². The minimum absolute atomic E-state index is 0.0291. The third-order valence-corrected chi connectivity index (χ3v) is 20.8. The van der Waals surface area contributed by atoms with Crippen LogP contribution in [0.15, 0.2) is 139 Å². The monoisotopic (exact) mass is 1300 g/mol. The van der Waals surface area contributed by atoms with Crippen LogP contribution in [0.4, 0.5) is 36.3 Å². The van der Waals surface area contributed by atoms with Crippen molar-refractivity contribution in [2.75, 3.05) is 46.7 Å². The molecule has 2 saturated heterocycles. The summed E-state index contributed by atoms with van der Waals surface area (Å²) in [6, 6.07) is 33.7. The average Bonchev–Trinajstić information content (AvgIpc) is 1.57. The second kappa shape index (κ2) is 26.2. The second-order valence-electron chi connectivity index (χ2n) is 26.2. The second-order valence-corrected chi connectivity index (χ2v) is 26.2. The molecule has 0 bridgehead atoms. The van der Waals surface area contributed by atoms with Gasteiger partial charge in [-0.1, -0.05) is 85.5 Å². The van der Waals surface area contributed by atoms with Gasteiger partial charge in [0.15, 0.2) is 23.3 Å². The lowest BCUT2D eigenvalue weighted by Crippen LogP contribution is -2.69. The van der Waals surface area contributed by atoms with E-state index in [0.717, 1.165) is 34.0 Å². The Morgan fingerprint density at radius 1 is 0.779 bits per heavy atom. The number of amides is 4. The molecule has 0 aromatic heterocycles. The van der Waals surface area contributed by atoms with E-state index in [1.165, 1.54) is 30.4 Å². The van der Waals surface area contributed by atoms with Crippen LogP contribution in [0.25, 0.3) is 0 Å². The van der Waals surface area contributed by atoms with Gasteiger partial charge in [-0.25, -0.2) is 18.4 Å². The number of ether oxygens (including phenoxy) is 3. The topological polar surface area (TPSA) is 311 Å². The third kappa shape index (κ3) is 12.2. The van der Waals surface area contributed by atoms with Crippen LogP contribution < -0.4 is 30.5 Å².